The Hall–Kier alpha value is -1.45. The molecule has 3 aromatic carbocycles. The van der Waals surface area contributed by atoms with Gasteiger partial charge in [0.15, 0.2) is 0 Å². The second-order valence-corrected chi connectivity index (χ2v) is 8.78. The third kappa shape index (κ3) is 6.86. The first-order chi connectivity index (χ1) is 13.7. The lowest BCUT2D eigenvalue weighted by atomic mass is 10.0. The first kappa shape index (κ1) is 21.3. The normalized spacial score (nSPS) is 11.1. The van der Waals surface area contributed by atoms with Crippen molar-refractivity contribution in [3.05, 3.63) is 106 Å². The number of benzene rings is 3. The molecule has 0 atom stereocenters. The van der Waals surface area contributed by atoms with E-state index in [2.05, 4.69) is 59.9 Å². The highest BCUT2D eigenvalue weighted by atomic mass is 35.5. The van der Waals surface area contributed by atoms with Crippen LogP contribution in [0.1, 0.15) is 28.4 Å². The molecule has 0 fully saturated rings. The number of halogens is 2. The molecule has 0 heterocycles. The van der Waals surface area contributed by atoms with Crippen molar-refractivity contribution in [2.45, 2.75) is 18.1 Å². The highest BCUT2D eigenvalue weighted by Gasteiger charge is 2.14. The fourth-order valence-electron chi connectivity index (χ4n) is 3.10. The van der Waals surface area contributed by atoms with Crippen LogP contribution in [0.15, 0.2) is 78.9 Å². The van der Waals surface area contributed by atoms with E-state index in [1.165, 1.54) is 16.7 Å². The molecule has 0 saturated carbocycles. The lowest BCUT2D eigenvalue weighted by Crippen LogP contribution is -2.19. The van der Waals surface area contributed by atoms with E-state index in [9.17, 15) is 0 Å². The van der Waals surface area contributed by atoms with Gasteiger partial charge in [-0.25, -0.2) is 0 Å². The molecule has 28 heavy (non-hydrogen) atoms. The molecule has 0 aliphatic heterocycles. The van der Waals surface area contributed by atoms with E-state index in [0.29, 0.717) is 0 Å². The summed E-state index contributed by atoms with van der Waals surface area (Å²) in [6.07, 6.45) is 2.28. The van der Waals surface area contributed by atoms with Crippen LogP contribution in [0, 0.1) is 0 Å². The lowest BCUT2D eigenvalue weighted by Gasteiger charge is -2.18. The van der Waals surface area contributed by atoms with Gasteiger partial charge in [-0.1, -0.05) is 77.8 Å². The molecule has 1 N–H and O–H groups in total. The van der Waals surface area contributed by atoms with Crippen molar-refractivity contribution in [1.29, 1.82) is 0 Å². The van der Waals surface area contributed by atoms with Crippen LogP contribution in [-0.2, 0) is 6.42 Å². The summed E-state index contributed by atoms with van der Waals surface area (Å²) < 4.78 is 0. The van der Waals surface area contributed by atoms with Crippen LogP contribution in [0.3, 0.4) is 0 Å². The minimum Gasteiger partial charge on any atom is -0.316 e. The molecule has 1 nitrogen and oxygen atoms in total. The summed E-state index contributed by atoms with van der Waals surface area (Å²) >= 11 is 14.1. The standard InChI is InChI=1S/C24H25Cl2NS/c25-22-12-8-20(9-13-22)24(21-10-14-23(26)15-11-21)28-18-17-27-16-4-7-19-5-2-1-3-6-19/h1-3,5-6,8-15,24,27H,4,7,16-18H2. The quantitative estimate of drug-likeness (QED) is 0.346. The highest BCUT2D eigenvalue weighted by Crippen LogP contribution is 2.36. The largest absolute Gasteiger partial charge is 0.316 e. The van der Waals surface area contributed by atoms with Crippen LogP contribution in [0.2, 0.25) is 10.0 Å². The summed E-state index contributed by atoms with van der Waals surface area (Å²) in [6, 6.07) is 27.0. The SMILES string of the molecule is Clc1ccc(C(SCCNCCCc2ccccc2)c2ccc(Cl)cc2)cc1. The van der Waals surface area contributed by atoms with Gasteiger partial charge in [0.25, 0.3) is 0 Å². The summed E-state index contributed by atoms with van der Waals surface area (Å²) in [5.41, 5.74) is 3.94. The van der Waals surface area contributed by atoms with Crippen molar-refractivity contribution in [2.24, 2.45) is 0 Å². The van der Waals surface area contributed by atoms with Crippen molar-refractivity contribution >= 4 is 35.0 Å². The summed E-state index contributed by atoms with van der Waals surface area (Å²) in [5, 5.41) is 5.38. The summed E-state index contributed by atoms with van der Waals surface area (Å²) in [6.45, 7) is 2.04. The van der Waals surface area contributed by atoms with Gasteiger partial charge in [-0.2, -0.15) is 0 Å². The first-order valence-electron chi connectivity index (χ1n) is 9.59. The molecule has 0 unspecified atom stereocenters. The molecule has 0 aromatic heterocycles. The lowest BCUT2D eigenvalue weighted by molar-refractivity contribution is 0.676. The van der Waals surface area contributed by atoms with Gasteiger partial charge in [0, 0.05) is 22.3 Å². The Bertz CT molecular complexity index is 774. The zero-order chi connectivity index (χ0) is 19.6. The van der Waals surface area contributed by atoms with E-state index in [-0.39, 0.29) is 5.25 Å². The highest BCUT2D eigenvalue weighted by molar-refractivity contribution is 7.99. The average molecular weight is 430 g/mol. The van der Waals surface area contributed by atoms with Crippen molar-refractivity contribution in [3.8, 4) is 0 Å². The van der Waals surface area contributed by atoms with Crippen LogP contribution in [0.25, 0.3) is 0 Å². The van der Waals surface area contributed by atoms with Crippen molar-refractivity contribution in [1.82, 2.24) is 5.32 Å². The van der Waals surface area contributed by atoms with Crippen LogP contribution in [-0.4, -0.2) is 18.8 Å². The molecule has 0 radical (unpaired) electrons. The molecule has 4 heteroatoms. The predicted octanol–water partition coefficient (Wildman–Crippen LogP) is 7.04. The van der Waals surface area contributed by atoms with Gasteiger partial charge in [-0.15, -0.1) is 11.8 Å². The van der Waals surface area contributed by atoms with Gasteiger partial charge in [0.2, 0.25) is 0 Å². The molecular formula is C24H25Cl2NS. The maximum atomic E-state index is 6.07. The molecule has 3 rings (SSSR count). The third-order valence-electron chi connectivity index (χ3n) is 4.57. The molecule has 146 valence electrons. The Morgan fingerprint density at radius 3 is 1.86 bits per heavy atom. The monoisotopic (exact) mass is 429 g/mol. The van der Waals surface area contributed by atoms with Crippen LogP contribution < -0.4 is 5.32 Å². The maximum Gasteiger partial charge on any atom is 0.0547 e. The van der Waals surface area contributed by atoms with Gasteiger partial charge in [-0.3, -0.25) is 0 Å². The molecule has 0 bridgehead atoms. The second-order valence-electron chi connectivity index (χ2n) is 6.69. The summed E-state index contributed by atoms with van der Waals surface area (Å²) in [7, 11) is 0. The Kier molecular flexibility index (Phi) is 8.75. The van der Waals surface area contributed by atoms with Gasteiger partial charge in [0.05, 0.1) is 5.25 Å². The Labute approximate surface area is 182 Å². The zero-order valence-corrected chi connectivity index (χ0v) is 18.1. The topological polar surface area (TPSA) is 12.0 Å². The minimum atomic E-state index is 0.278. The number of hydrogen-bond donors (Lipinski definition) is 1. The van der Waals surface area contributed by atoms with Gasteiger partial charge >= 0.3 is 0 Å². The predicted molar refractivity (Wildman–Crippen MR) is 125 cm³/mol. The first-order valence-corrected chi connectivity index (χ1v) is 11.4. The number of nitrogens with one attached hydrogen (secondary N) is 1. The van der Waals surface area contributed by atoms with Crippen molar-refractivity contribution < 1.29 is 0 Å². The number of rotatable bonds is 10. The Morgan fingerprint density at radius 2 is 1.29 bits per heavy atom. The average Bonchev–Trinajstić information content (AvgIpc) is 2.73. The zero-order valence-electron chi connectivity index (χ0n) is 15.8. The summed E-state index contributed by atoms with van der Waals surface area (Å²) in [5.74, 6) is 1.04. The van der Waals surface area contributed by atoms with Gasteiger partial charge in [0.1, 0.15) is 0 Å². The minimum absolute atomic E-state index is 0.278. The van der Waals surface area contributed by atoms with E-state index >= 15 is 0 Å². The van der Waals surface area contributed by atoms with Gasteiger partial charge in [-0.05, 0) is 60.3 Å². The molecular weight excluding hydrogens is 405 g/mol. The van der Waals surface area contributed by atoms with Crippen LogP contribution in [0.4, 0.5) is 0 Å². The van der Waals surface area contributed by atoms with E-state index in [1.54, 1.807) is 0 Å². The number of hydrogen-bond acceptors (Lipinski definition) is 2. The van der Waals surface area contributed by atoms with E-state index in [0.717, 1.165) is 41.7 Å². The summed E-state index contributed by atoms with van der Waals surface area (Å²) in [4.78, 5) is 0. The Morgan fingerprint density at radius 1 is 0.714 bits per heavy atom. The number of aryl methyl sites for hydroxylation is 1. The van der Waals surface area contributed by atoms with Crippen LogP contribution >= 0.6 is 35.0 Å². The van der Waals surface area contributed by atoms with E-state index < -0.39 is 0 Å². The molecule has 0 spiro atoms. The van der Waals surface area contributed by atoms with Crippen LogP contribution in [0.5, 0.6) is 0 Å². The fourth-order valence-corrected chi connectivity index (χ4v) is 4.55. The molecule has 3 aromatic rings. The maximum absolute atomic E-state index is 6.07. The molecule has 0 amide bonds. The smallest absolute Gasteiger partial charge is 0.0547 e. The Balaban J connectivity index is 1.48. The van der Waals surface area contributed by atoms with Crippen molar-refractivity contribution in [3.63, 3.8) is 0 Å². The van der Waals surface area contributed by atoms with Gasteiger partial charge < -0.3 is 5.32 Å². The molecule has 0 aliphatic carbocycles. The number of thioether (sulfide) groups is 1. The second kappa shape index (κ2) is 11.5. The van der Waals surface area contributed by atoms with E-state index in [1.807, 2.05) is 36.0 Å². The fraction of sp³-hybridized carbons (Fsp3) is 0.250. The molecule has 0 aliphatic rings. The molecule has 0 saturated heterocycles. The van der Waals surface area contributed by atoms with Crippen molar-refractivity contribution in [2.75, 3.05) is 18.8 Å². The van der Waals surface area contributed by atoms with E-state index in [4.69, 9.17) is 23.2 Å². The third-order valence-corrected chi connectivity index (χ3v) is 6.39.